The summed E-state index contributed by atoms with van der Waals surface area (Å²) in [6.07, 6.45) is 11.2. The molecule has 0 bridgehead atoms. The fraction of sp³-hybridized carbons (Fsp3) is 0.333. The van der Waals surface area contributed by atoms with Crippen molar-refractivity contribution in [2.75, 3.05) is 0 Å². The molecule has 0 heteroatoms. The van der Waals surface area contributed by atoms with Gasteiger partial charge < -0.3 is 0 Å². The van der Waals surface area contributed by atoms with Crippen molar-refractivity contribution in [1.29, 1.82) is 0 Å². The lowest BCUT2D eigenvalue weighted by molar-refractivity contribution is 1.10. The van der Waals surface area contributed by atoms with Gasteiger partial charge in [0.2, 0.25) is 0 Å². The van der Waals surface area contributed by atoms with Crippen LogP contribution in [0.2, 0.25) is 0 Å². The lowest BCUT2D eigenvalue weighted by Gasteiger charge is -2.01. The minimum Gasteiger partial charge on any atom is -0.0991 e. The molecule has 0 atom stereocenters. The van der Waals surface area contributed by atoms with Crippen molar-refractivity contribution < 1.29 is 0 Å². The quantitative estimate of drug-likeness (QED) is 0.547. The number of allylic oxidation sites excluding steroid dienone is 7. The van der Waals surface area contributed by atoms with Crippen LogP contribution in [0.1, 0.15) is 27.2 Å². The normalized spacial score (nSPS) is 13.9. The van der Waals surface area contributed by atoms with Crippen LogP contribution >= 0.6 is 0 Å². The zero-order valence-electron chi connectivity index (χ0n) is 8.30. The van der Waals surface area contributed by atoms with Gasteiger partial charge in [-0.15, -0.1) is 0 Å². The monoisotopic (exact) mass is 162 g/mol. The molecule has 0 aromatic heterocycles. The molecule has 0 aromatic rings. The van der Waals surface area contributed by atoms with E-state index in [2.05, 4.69) is 38.7 Å². The average molecular weight is 162 g/mol. The van der Waals surface area contributed by atoms with Crippen LogP contribution in [0.5, 0.6) is 0 Å². The maximum Gasteiger partial charge on any atom is -0.0305 e. The molecule has 0 unspecified atom stereocenters. The summed E-state index contributed by atoms with van der Waals surface area (Å²) >= 11 is 0. The van der Waals surface area contributed by atoms with Crippen molar-refractivity contribution in [3.05, 3.63) is 48.1 Å². The van der Waals surface area contributed by atoms with Crippen LogP contribution in [0.15, 0.2) is 48.1 Å². The topological polar surface area (TPSA) is 0 Å². The van der Waals surface area contributed by atoms with Gasteiger partial charge in [-0.05, 0) is 31.4 Å². The maximum absolute atomic E-state index is 3.69. The fourth-order valence-corrected chi connectivity index (χ4v) is 1.02. The lowest BCUT2D eigenvalue weighted by atomic mass is 10.0. The van der Waals surface area contributed by atoms with Gasteiger partial charge in [0.1, 0.15) is 0 Å². The average Bonchev–Trinajstić information content (AvgIpc) is 2.10. The van der Waals surface area contributed by atoms with Gasteiger partial charge in [-0.2, -0.15) is 0 Å². The van der Waals surface area contributed by atoms with Crippen molar-refractivity contribution in [3.63, 3.8) is 0 Å². The Morgan fingerprint density at radius 3 is 2.42 bits per heavy atom. The first-order chi connectivity index (χ1) is 5.76. The van der Waals surface area contributed by atoms with Crippen LogP contribution in [-0.2, 0) is 0 Å². The summed E-state index contributed by atoms with van der Waals surface area (Å²) in [5.41, 5.74) is 2.67. The highest BCUT2D eigenvalue weighted by Crippen LogP contribution is 2.12. The van der Waals surface area contributed by atoms with Gasteiger partial charge in [0.25, 0.3) is 0 Å². The predicted molar refractivity (Wildman–Crippen MR) is 57.1 cm³/mol. The van der Waals surface area contributed by atoms with E-state index >= 15 is 0 Å². The highest BCUT2D eigenvalue weighted by molar-refractivity contribution is 5.33. The first-order valence-corrected chi connectivity index (χ1v) is 4.37. The first kappa shape index (κ1) is 11.0. The summed E-state index contributed by atoms with van der Waals surface area (Å²) in [6.45, 7) is 9.99. The molecule has 12 heavy (non-hydrogen) atoms. The Morgan fingerprint density at radius 2 is 2.00 bits per heavy atom. The molecule has 0 heterocycles. The molecule has 0 aliphatic heterocycles. The molecule has 0 spiro atoms. The summed E-state index contributed by atoms with van der Waals surface area (Å²) in [5, 5.41) is 0. The highest BCUT2D eigenvalue weighted by Gasteiger charge is 1.92. The maximum atomic E-state index is 3.69. The number of rotatable bonds is 4. The van der Waals surface area contributed by atoms with Gasteiger partial charge >= 0.3 is 0 Å². The summed E-state index contributed by atoms with van der Waals surface area (Å²) in [6, 6.07) is 0. The van der Waals surface area contributed by atoms with Crippen LogP contribution in [0.25, 0.3) is 0 Å². The minimum atomic E-state index is 1.06. The number of hydrogen-bond donors (Lipinski definition) is 0. The smallest absolute Gasteiger partial charge is 0.0305 e. The third-order valence-corrected chi connectivity index (χ3v) is 1.75. The second kappa shape index (κ2) is 6.66. The van der Waals surface area contributed by atoms with Crippen molar-refractivity contribution in [2.45, 2.75) is 27.2 Å². The van der Waals surface area contributed by atoms with E-state index in [1.807, 2.05) is 19.1 Å². The Balaban J connectivity index is 4.51. The molecule has 0 fully saturated rings. The minimum absolute atomic E-state index is 1.06. The SMILES string of the molecule is C=C\C=C(CC)/C(C)=C\C=C/C. The first-order valence-electron chi connectivity index (χ1n) is 4.37. The third-order valence-electron chi connectivity index (χ3n) is 1.75. The largest absolute Gasteiger partial charge is 0.0991 e. The Morgan fingerprint density at radius 1 is 1.33 bits per heavy atom. The van der Waals surface area contributed by atoms with Gasteiger partial charge in [-0.3, -0.25) is 0 Å². The molecule has 0 nitrogen and oxygen atoms in total. The summed E-state index contributed by atoms with van der Waals surface area (Å²) in [7, 11) is 0. The van der Waals surface area contributed by atoms with Crippen molar-refractivity contribution in [1.82, 2.24) is 0 Å². The predicted octanol–water partition coefficient (Wildman–Crippen LogP) is 4.03. The van der Waals surface area contributed by atoms with Gasteiger partial charge in [-0.1, -0.05) is 43.9 Å². The van der Waals surface area contributed by atoms with Crippen LogP contribution in [0.4, 0.5) is 0 Å². The molecule has 0 saturated carbocycles. The molecule has 0 saturated heterocycles. The molecule has 0 amide bonds. The van der Waals surface area contributed by atoms with Crippen LogP contribution in [-0.4, -0.2) is 0 Å². The zero-order valence-corrected chi connectivity index (χ0v) is 8.30. The summed E-state index contributed by atoms with van der Waals surface area (Å²) in [5.74, 6) is 0. The third kappa shape index (κ3) is 3.97. The Labute approximate surface area is 76.0 Å². The van der Waals surface area contributed by atoms with E-state index in [0.717, 1.165) is 6.42 Å². The molecule has 0 radical (unpaired) electrons. The van der Waals surface area contributed by atoms with E-state index < -0.39 is 0 Å². The molecule has 0 rings (SSSR count). The Bertz CT molecular complexity index is 214. The van der Waals surface area contributed by atoms with Crippen LogP contribution < -0.4 is 0 Å². The Kier molecular flexibility index (Phi) is 6.08. The Hall–Kier alpha value is -1.04. The van der Waals surface area contributed by atoms with Crippen LogP contribution in [0, 0.1) is 0 Å². The number of hydrogen-bond acceptors (Lipinski definition) is 0. The standard InChI is InChI=1S/C12H18/c1-5-8-10-11(4)12(7-3)9-6-2/h5-6,8-10H,2,7H2,1,3-4H3/b8-5-,11-10-,12-9-. The van der Waals surface area contributed by atoms with E-state index in [0.29, 0.717) is 0 Å². The van der Waals surface area contributed by atoms with Gasteiger partial charge in [-0.25, -0.2) is 0 Å². The highest BCUT2D eigenvalue weighted by atomic mass is 14.0. The van der Waals surface area contributed by atoms with Gasteiger partial charge in [0.05, 0.1) is 0 Å². The van der Waals surface area contributed by atoms with E-state index in [-0.39, 0.29) is 0 Å². The molecule has 0 aliphatic rings. The molecule has 0 aliphatic carbocycles. The van der Waals surface area contributed by atoms with Crippen molar-refractivity contribution >= 4 is 0 Å². The van der Waals surface area contributed by atoms with Crippen molar-refractivity contribution in [3.8, 4) is 0 Å². The van der Waals surface area contributed by atoms with E-state index in [1.165, 1.54) is 11.1 Å². The lowest BCUT2D eigenvalue weighted by Crippen LogP contribution is -1.81. The van der Waals surface area contributed by atoms with Gasteiger partial charge in [0, 0.05) is 0 Å². The summed E-state index contributed by atoms with van der Waals surface area (Å²) < 4.78 is 0. The van der Waals surface area contributed by atoms with Crippen molar-refractivity contribution in [2.24, 2.45) is 0 Å². The van der Waals surface area contributed by atoms with Gasteiger partial charge in [0.15, 0.2) is 0 Å². The second-order valence-electron chi connectivity index (χ2n) is 2.66. The van der Waals surface area contributed by atoms with E-state index in [4.69, 9.17) is 0 Å². The molecule has 0 N–H and O–H groups in total. The molecule has 66 valence electrons. The molecular formula is C12H18. The molecule has 0 aromatic carbocycles. The van der Waals surface area contributed by atoms with E-state index in [1.54, 1.807) is 0 Å². The molecular weight excluding hydrogens is 144 g/mol. The zero-order chi connectivity index (χ0) is 9.40. The summed E-state index contributed by atoms with van der Waals surface area (Å²) in [4.78, 5) is 0. The fourth-order valence-electron chi connectivity index (χ4n) is 1.02. The second-order valence-corrected chi connectivity index (χ2v) is 2.66. The van der Waals surface area contributed by atoms with Crippen LogP contribution in [0.3, 0.4) is 0 Å². The van der Waals surface area contributed by atoms with E-state index in [9.17, 15) is 0 Å².